The number of phenolic OH excluding ortho intramolecular Hbond substituents is 1. The van der Waals surface area contributed by atoms with Crippen LogP contribution in [0.5, 0.6) is 17.2 Å². The van der Waals surface area contributed by atoms with Crippen LogP contribution in [-0.4, -0.2) is 90.4 Å². The SMILES string of the molecule is CS(=O)(=O)Oc1ccc(OCCc2ccc(CC(SCCc3ccc(O)cc3)C(=O)[O-])cc2)cc1.C[N+](CO)(CO)CO. The van der Waals surface area contributed by atoms with E-state index in [1.165, 1.54) is 23.9 Å². The number of aliphatic hydroxyl groups is 3. The number of hydrogen-bond donors (Lipinski definition) is 4. The molecule has 1 atom stereocenters. The lowest BCUT2D eigenvalue weighted by Gasteiger charge is -2.25. The standard InChI is InChI=1S/C26H28O7S2.C4H12NO3/c1-35(30,31)33-24-12-10-23(11-13-24)32-16-14-19-2-4-21(5-3-19)18-25(26(28)29)34-17-15-20-6-8-22(27)9-7-20;1-5(2-6,3-7)4-8/h2-13,25,27H,14-18H2,1H3,(H,28,29);6-8H,2-4H2,1H3/q;+1/p-1. The molecule has 0 saturated heterocycles. The first-order valence-electron chi connectivity index (χ1n) is 13.3. The quantitative estimate of drug-likeness (QED) is 0.101. The zero-order chi connectivity index (χ0) is 31.9. The Kier molecular flexibility index (Phi) is 14.8. The maximum atomic E-state index is 11.6. The molecule has 0 saturated carbocycles. The van der Waals surface area contributed by atoms with E-state index in [4.69, 9.17) is 24.2 Å². The van der Waals surface area contributed by atoms with Crippen LogP contribution in [0.25, 0.3) is 0 Å². The number of thioether (sulfide) groups is 1. The van der Waals surface area contributed by atoms with Gasteiger partial charge in [-0.3, -0.25) is 4.48 Å². The zero-order valence-corrected chi connectivity index (χ0v) is 25.8. The van der Waals surface area contributed by atoms with Gasteiger partial charge in [0.2, 0.25) is 0 Å². The number of ether oxygens (including phenoxy) is 1. The van der Waals surface area contributed by atoms with Crippen LogP contribution in [0.15, 0.2) is 72.8 Å². The Hall–Kier alpha value is -3.33. The highest BCUT2D eigenvalue weighted by Gasteiger charge is 2.15. The van der Waals surface area contributed by atoms with Crippen LogP contribution in [-0.2, 0) is 34.2 Å². The first-order valence-corrected chi connectivity index (χ1v) is 16.2. The maximum absolute atomic E-state index is 11.6. The monoisotopic (exact) mass is 637 g/mol. The molecule has 0 heterocycles. The van der Waals surface area contributed by atoms with Gasteiger partial charge in [-0.05, 0) is 71.7 Å². The summed E-state index contributed by atoms with van der Waals surface area (Å²) in [5.41, 5.74) is 3.01. The number of carbonyl (C=O) groups excluding carboxylic acids is 1. The van der Waals surface area contributed by atoms with Crippen molar-refractivity contribution < 1.29 is 52.1 Å². The summed E-state index contributed by atoms with van der Waals surface area (Å²) in [6.45, 7) is -0.298. The van der Waals surface area contributed by atoms with E-state index >= 15 is 0 Å². The molecule has 0 aliphatic rings. The van der Waals surface area contributed by atoms with Gasteiger partial charge >= 0.3 is 10.1 Å². The molecule has 3 aromatic rings. The Morgan fingerprint density at radius 3 is 1.81 bits per heavy atom. The van der Waals surface area contributed by atoms with E-state index in [0.29, 0.717) is 37.4 Å². The maximum Gasteiger partial charge on any atom is 0.306 e. The summed E-state index contributed by atoms with van der Waals surface area (Å²) in [5.74, 6) is 0.596. The number of aryl methyl sites for hydroxylation is 1. The number of nitrogens with zero attached hydrogens (tertiary/aromatic N) is 1. The van der Waals surface area contributed by atoms with Crippen molar-refractivity contribution in [1.82, 2.24) is 0 Å². The molecule has 43 heavy (non-hydrogen) atoms. The largest absolute Gasteiger partial charge is 0.549 e. The average Bonchev–Trinajstić information content (AvgIpc) is 2.98. The fourth-order valence-electron chi connectivity index (χ4n) is 3.44. The number of aliphatic carboxylic acids is 1. The zero-order valence-electron chi connectivity index (χ0n) is 24.2. The number of phenols is 1. The smallest absolute Gasteiger partial charge is 0.306 e. The Bertz CT molecular complexity index is 1340. The molecule has 0 aromatic heterocycles. The Morgan fingerprint density at radius 1 is 0.837 bits per heavy atom. The molecular weight excluding hydrogens is 598 g/mol. The minimum Gasteiger partial charge on any atom is -0.549 e. The summed E-state index contributed by atoms with van der Waals surface area (Å²) < 4.78 is 32.7. The molecule has 4 N–H and O–H groups in total. The molecule has 0 bridgehead atoms. The lowest BCUT2D eigenvalue weighted by atomic mass is 10.1. The number of carboxylic acid groups (broad SMARTS) is 1. The fraction of sp³-hybridized carbons (Fsp3) is 0.367. The summed E-state index contributed by atoms with van der Waals surface area (Å²) >= 11 is 1.36. The van der Waals surface area contributed by atoms with Crippen LogP contribution in [0.4, 0.5) is 0 Å². The first kappa shape index (κ1) is 35.9. The van der Waals surface area contributed by atoms with Crippen LogP contribution < -0.4 is 14.0 Å². The van der Waals surface area contributed by atoms with E-state index in [0.717, 1.165) is 22.9 Å². The molecule has 0 amide bonds. The second-order valence-corrected chi connectivity index (χ2v) is 12.9. The number of aliphatic hydroxyl groups excluding tert-OH is 3. The summed E-state index contributed by atoms with van der Waals surface area (Å²) in [6, 6.07) is 21.0. The van der Waals surface area contributed by atoms with Gasteiger partial charge < -0.3 is 39.2 Å². The van der Waals surface area contributed by atoms with Crippen LogP contribution in [0.2, 0.25) is 0 Å². The molecule has 0 radical (unpaired) electrons. The highest BCUT2D eigenvalue weighted by atomic mass is 32.2. The number of aromatic hydroxyl groups is 1. The van der Waals surface area contributed by atoms with Crippen molar-refractivity contribution in [3.05, 3.63) is 89.5 Å². The number of benzene rings is 3. The van der Waals surface area contributed by atoms with Gasteiger partial charge in [-0.2, -0.15) is 20.2 Å². The van der Waals surface area contributed by atoms with Gasteiger partial charge in [-0.25, -0.2) is 0 Å². The van der Waals surface area contributed by atoms with E-state index in [9.17, 15) is 23.4 Å². The molecule has 13 heteroatoms. The topological polar surface area (TPSA) is 174 Å². The number of quaternary nitrogens is 1. The van der Waals surface area contributed by atoms with Gasteiger partial charge in [0.1, 0.15) is 17.2 Å². The second-order valence-electron chi connectivity index (χ2n) is 10.0. The van der Waals surface area contributed by atoms with Crippen molar-refractivity contribution in [1.29, 1.82) is 0 Å². The number of rotatable bonds is 16. The normalized spacial score (nSPS) is 12.1. The van der Waals surface area contributed by atoms with Crippen molar-refractivity contribution in [2.45, 2.75) is 24.5 Å². The van der Waals surface area contributed by atoms with Gasteiger partial charge in [-0.1, -0.05) is 36.4 Å². The second kappa shape index (κ2) is 17.7. The van der Waals surface area contributed by atoms with Crippen LogP contribution in [0, 0.1) is 0 Å². The molecule has 1 unspecified atom stereocenters. The number of carboxylic acids is 1. The van der Waals surface area contributed by atoms with Crippen molar-refractivity contribution in [2.75, 3.05) is 45.9 Å². The average molecular weight is 638 g/mol. The Morgan fingerprint density at radius 2 is 1.33 bits per heavy atom. The number of carbonyl (C=O) groups is 1. The highest BCUT2D eigenvalue weighted by Crippen LogP contribution is 2.21. The minimum absolute atomic E-state index is 0.125. The van der Waals surface area contributed by atoms with Crippen LogP contribution >= 0.6 is 11.8 Å². The Balaban J connectivity index is 0.000000708. The third kappa shape index (κ3) is 14.1. The van der Waals surface area contributed by atoms with Crippen molar-refractivity contribution >= 4 is 27.8 Å². The lowest BCUT2D eigenvalue weighted by molar-refractivity contribution is -0.959. The predicted octanol–water partition coefficient (Wildman–Crippen LogP) is 1.27. The molecule has 0 fully saturated rings. The molecule has 11 nitrogen and oxygen atoms in total. The van der Waals surface area contributed by atoms with Crippen molar-refractivity contribution in [3.8, 4) is 17.2 Å². The highest BCUT2D eigenvalue weighted by molar-refractivity contribution is 8.00. The predicted molar refractivity (Wildman–Crippen MR) is 162 cm³/mol. The number of hydrogen-bond acceptors (Lipinski definition) is 11. The van der Waals surface area contributed by atoms with E-state index in [-0.39, 0.29) is 36.2 Å². The van der Waals surface area contributed by atoms with Crippen molar-refractivity contribution in [2.24, 2.45) is 0 Å². The molecule has 3 aromatic carbocycles. The summed E-state index contributed by atoms with van der Waals surface area (Å²) in [4.78, 5) is 11.6. The van der Waals surface area contributed by atoms with E-state index in [1.54, 1.807) is 31.3 Å². The summed E-state index contributed by atoms with van der Waals surface area (Å²) in [6.07, 6.45) is 2.73. The molecular formula is C30H39NO10S2. The Labute approximate surface area is 256 Å². The molecule has 0 spiro atoms. The van der Waals surface area contributed by atoms with Crippen LogP contribution in [0.3, 0.4) is 0 Å². The summed E-state index contributed by atoms with van der Waals surface area (Å²) in [5, 5.41) is 45.6. The van der Waals surface area contributed by atoms with Gasteiger partial charge in [0.05, 0.1) is 25.9 Å². The van der Waals surface area contributed by atoms with Gasteiger partial charge in [0.25, 0.3) is 0 Å². The van der Waals surface area contributed by atoms with Crippen LogP contribution in [0.1, 0.15) is 16.7 Å². The minimum atomic E-state index is -3.56. The molecule has 0 aliphatic heterocycles. The van der Waals surface area contributed by atoms with Gasteiger partial charge in [0.15, 0.2) is 20.2 Å². The molecule has 3 rings (SSSR count). The fourth-order valence-corrected chi connectivity index (χ4v) is 4.98. The van der Waals surface area contributed by atoms with E-state index in [1.807, 2.05) is 36.4 Å². The van der Waals surface area contributed by atoms with E-state index < -0.39 is 21.3 Å². The first-order chi connectivity index (χ1) is 20.4. The third-order valence-electron chi connectivity index (χ3n) is 6.11. The molecule has 0 aliphatic carbocycles. The van der Waals surface area contributed by atoms with Crippen molar-refractivity contribution in [3.63, 3.8) is 0 Å². The van der Waals surface area contributed by atoms with Gasteiger partial charge in [-0.15, -0.1) is 0 Å². The summed E-state index contributed by atoms with van der Waals surface area (Å²) in [7, 11) is -2.02. The third-order valence-corrected chi connectivity index (χ3v) is 7.80. The lowest BCUT2D eigenvalue weighted by Crippen LogP contribution is -2.46. The van der Waals surface area contributed by atoms with Gasteiger partial charge in [0, 0.05) is 11.7 Å². The van der Waals surface area contributed by atoms with E-state index in [2.05, 4.69) is 0 Å². The molecule has 236 valence electrons.